The van der Waals surface area contributed by atoms with Gasteiger partial charge in [-0.25, -0.2) is 4.79 Å². The van der Waals surface area contributed by atoms with Gasteiger partial charge in [-0.15, -0.1) is 0 Å². The molecule has 1 aliphatic heterocycles. The third-order valence-electron chi connectivity index (χ3n) is 2.14. The van der Waals surface area contributed by atoms with E-state index in [1.54, 1.807) is 20.8 Å². The molecule has 0 aromatic rings. The zero-order chi connectivity index (χ0) is 11.6. The van der Waals surface area contributed by atoms with Crippen molar-refractivity contribution < 1.29 is 19.4 Å². The van der Waals surface area contributed by atoms with E-state index >= 15 is 0 Å². The summed E-state index contributed by atoms with van der Waals surface area (Å²) in [4.78, 5) is 23.9. The fourth-order valence-electron chi connectivity index (χ4n) is 1.29. The van der Waals surface area contributed by atoms with Gasteiger partial charge < -0.3 is 14.7 Å². The number of ether oxygens (including phenoxy) is 1. The maximum Gasteiger partial charge on any atom is 0.410 e. The molecule has 1 heterocycles. The summed E-state index contributed by atoms with van der Waals surface area (Å²) in [6.45, 7) is 5.64. The minimum Gasteiger partial charge on any atom is -0.444 e. The van der Waals surface area contributed by atoms with Crippen molar-refractivity contribution in [1.29, 1.82) is 0 Å². The lowest BCUT2D eigenvalue weighted by atomic mass is 9.96. The maximum atomic E-state index is 11.4. The Morgan fingerprint density at radius 1 is 1.40 bits per heavy atom. The van der Waals surface area contributed by atoms with Crippen LogP contribution in [-0.4, -0.2) is 47.2 Å². The molecule has 1 amide bonds. The van der Waals surface area contributed by atoms with Crippen LogP contribution in [-0.2, 0) is 9.53 Å². The molecule has 1 rings (SSSR count). The van der Waals surface area contributed by atoms with Gasteiger partial charge in [-0.2, -0.15) is 0 Å². The van der Waals surface area contributed by atoms with Crippen LogP contribution in [0.4, 0.5) is 4.79 Å². The van der Waals surface area contributed by atoms with Crippen LogP contribution in [0.2, 0.25) is 0 Å². The summed E-state index contributed by atoms with van der Waals surface area (Å²) in [5, 5.41) is 8.60. The third-order valence-corrected chi connectivity index (χ3v) is 2.14. The minimum atomic E-state index is -0.511. The second kappa shape index (κ2) is 4.18. The highest BCUT2D eigenvalue weighted by Crippen LogP contribution is 2.19. The van der Waals surface area contributed by atoms with Gasteiger partial charge in [0.05, 0.1) is 5.92 Å². The number of hydrogen-bond donors (Lipinski definition) is 1. The number of carbonyl (C=O) groups is 2. The molecule has 0 aromatic heterocycles. The van der Waals surface area contributed by atoms with Crippen LogP contribution < -0.4 is 0 Å². The van der Waals surface area contributed by atoms with Crippen molar-refractivity contribution in [3.63, 3.8) is 0 Å². The topological polar surface area (TPSA) is 66.8 Å². The number of likely N-dealkylation sites (tertiary alicyclic amines) is 1. The molecule has 1 aliphatic rings. The quantitative estimate of drug-likeness (QED) is 0.724. The van der Waals surface area contributed by atoms with Crippen molar-refractivity contribution >= 4 is 11.9 Å². The summed E-state index contributed by atoms with van der Waals surface area (Å²) < 4.78 is 5.12. The van der Waals surface area contributed by atoms with E-state index in [1.165, 1.54) is 4.90 Å². The summed E-state index contributed by atoms with van der Waals surface area (Å²) in [7, 11) is 0. The molecule has 1 saturated heterocycles. The average molecular weight is 215 g/mol. The summed E-state index contributed by atoms with van der Waals surface area (Å²) in [5.41, 5.74) is -0.511. The Labute approximate surface area is 89.0 Å². The number of aliphatic hydroxyl groups excluding tert-OH is 1. The molecule has 0 radical (unpaired) electrons. The zero-order valence-corrected chi connectivity index (χ0v) is 9.32. The Morgan fingerprint density at radius 3 is 2.33 bits per heavy atom. The maximum absolute atomic E-state index is 11.4. The van der Waals surface area contributed by atoms with Gasteiger partial charge in [-0.05, 0) is 20.8 Å². The van der Waals surface area contributed by atoms with E-state index in [1.807, 2.05) is 0 Å². The van der Waals surface area contributed by atoms with Crippen molar-refractivity contribution in [3.8, 4) is 0 Å². The summed E-state index contributed by atoms with van der Waals surface area (Å²) in [5.74, 6) is -0.433. The van der Waals surface area contributed by atoms with E-state index in [0.29, 0.717) is 13.1 Å². The molecule has 86 valence electrons. The lowest BCUT2D eigenvalue weighted by Crippen LogP contribution is -2.54. The number of amides is 1. The lowest BCUT2D eigenvalue weighted by Gasteiger charge is -2.38. The van der Waals surface area contributed by atoms with Crippen LogP contribution in [0.25, 0.3) is 0 Å². The van der Waals surface area contributed by atoms with Crippen molar-refractivity contribution in [1.82, 2.24) is 4.90 Å². The van der Waals surface area contributed by atoms with Gasteiger partial charge in [0.15, 0.2) is 5.78 Å². The van der Waals surface area contributed by atoms with Crippen LogP contribution in [0, 0.1) is 5.92 Å². The van der Waals surface area contributed by atoms with Crippen LogP contribution >= 0.6 is 0 Å². The standard InChI is InChI=1S/C10H17NO4/c1-10(2,3)15-9(14)11-4-7(5-11)8(13)6-12/h7,12H,4-6H2,1-3H3. The van der Waals surface area contributed by atoms with Crippen LogP contribution in [0.15, 0.2) is 0 Å². The molecule has 0 unspecified atom stereocenters. The molecular weight excluding hydrogens is 198 g/mol. The molecule has 1 fully saturated rings. The van der Waals surface area contributed by atoms with E-state index < -0.39 is 18.3 Å². The third kappa shape index (κ3) is 3.20. The molecule has 5 nitrogen and oxygen atoms in total. The first kappa shape index (κ1) is 12.0. The number of nitrogens with zero attached hydrogens (tertiary/aromatic N) is 1. The van der Waals surface area contributed by atoms with Crippen LogP contribution in [0.3, 0.4) is 0 Å². The monoisotopic (exact) mass is 215 g/mol. The van der Waals surface area contributed by atoms with Gasteiger partial charge in [0.25, 0.3) is 0 Å². The van der Waals surface area contributed by atoms with E-state index in [4.69, 9.17) is 9.84 Å². The second-order valence-corrected chi connectivity index (χ2v) is 4.71. The Hall–Kier alpha value is -1.10. The number of aliphatic hydroxyl groups is 1. The Morgan fingerprint density at radius 2 is 1.93 bits per heavy atom. The fraction of sp³-hybridized carbons (Fsp3) is 0.800. The van der Waals surface area contributed by atoms with E-state index in [-0.39, 0.29) is 11.7 Å². The Bertz CT molecular complexity index is 263. The number of rotatable bonds is 2. The Balaban J connectivity index is 2.33. The molecule has 0 atom stereocenters. The second-order valence-electron chi connectivity index (χ2n) is 4.71. The summed E-state index contributed by atoms with van der Waals surface area (Å²) >= 11 is 0. The van der Waals surface area contributed by atoms with Gasteiger partial charge in [-0.1, -0.05) is 0 Å². The van der Waals surface area contributed by atoms with Crippen molar-refractivity contribution in [2.45, 2.75) is 26.4 Å². The van der Waals surface area contributed by atoms with Crippen LogP contribution in [0.1, 0.15) is 20.8 Å². The predicted octanol–water partition coefficient (Wildman–Crippen LogP) is 0.415. The molecule has 1 N–H and O–H groups in total. The Kier molecular flexibility index (Phi) is 3.34. The lowest BCUT2D eigenvalue weighted by molar-refractivity contribution is -0.130. The highest BCUT2D eigenvalue weighted by Gasteiger charge is 2.37. The van der Waals surface area contributed by atoms with Crippen molar-refractivity contribution in [2.75, 3.05) is 19.7 Å². The highest BCUT2D eigenvalue weighted by atomic mass is 16.6. The van der Waals surface area contributed by atoms with Gasteiger partial charge in [0.1, 0.15) is 12.2 Å². The molecule has 0 bridgehead atoms. The molecule has 0 aliphatic carbocycles. The normalized spacial score (nSPS) is 17.2. The first-order valence-electron chi connectivity index (χ1n) is 4.95. The fourth-order valence-corrected chi connectivity index (χ4v) is 1.29. The molecular formula is C10H17NO4. The van der Waals surface area contributed by atoms with E-state index in [0.717, 1.165) is 0 Å². The SMILES string of the molecule is CC(C)(C)OC(=O)N1CC(C(=O)CO)C1. The van der Waals surface area contributed by atoms with Gasteiger partial charge in [0, 0.05) is 13.1 Å². The van der Waals surface area contributed by atoms with Gasteiger partial charge in [0.2, 0.25) is 0 Å². The molecule has 0 saturated carbocycles. The first-order chi connectivity index (χ1) is 6.83. The van der Waals surface area contributed by atoms with Crippen molar-refractivity contribution in [3.05, 3.63) is 0 Å². The number of carbonyl (C=O) groups excluding carboxylic acids is 2. The summed E-state index contributed by atoms with van der Waals surface area (Å²) in [6, 6.07) is 0. The van der Waals surface area contributed by atoms with Gasteiger partial charge in [-0.3, -0.25) is 4.79 Å². The molecule has 5 heteroatoms. The summed E-state index contributed by atoms with van der Waals surface area (Å²) in [6.07, 6.45) is -0.399. The predicted molar refractivity (Wildman–Crippen MR) is 53.4 cm³/mol. The highest BCUT2D eigenvalue weighted by molar-refractivity contribution is 5.85. The number of Topliss-reactive ketones (excluding diaryl/α,β-unsaturated/α-hetero) is 1. The van der Waals surface area contributed by atoms with Gasteiger partial charge >= 0.3 is 6.09 Å². The molecule has 0 spiro atoms. The molecule has 0 aromatic carbocycles. The minimum absolute atomic E-state index is 0.213. The number of ketones is 1. The van der Waals surface area contributed by atoms with E-state index in [2.05, 4.69) is 0 Å². The number of hydrogen-bond acceptors (Lipinski definition) is 4. The first-order valence-corrected chi connectivity index (χ1v) is 4.95. The van der Waals surface area contributed by atoms with Crippen molar-refractivity contribution in [2.24, 2.45) is 5.92 Å². The molecule has 15 heavy (non-hydrogen) atoms. The smallest absolute Gasteiger partial charge is 0.410 e. The van der Waals surface area contributed by atoms with E-state index in [9.17, 15) is 9.59 Å². The largest absolute Gasteiger partial charge is 0.444 e. The van der Waals surface area contributed by atoms with Crippen LogP contribution in [0.5, 0.6) is 0 Å². The average Bonchev–Trinajstić information content (AvgIpc) is 1.97. The zero-order valence-electron chi connectivity index (χ0n) is 9.32.